The number of rotatable bonds is 0. The van der Waals surface area contributed by atoms with E-state index in [4.69, 9.17) is 4.74 Å². The van der Waals surface area contributed by atoms with E-state index in [0.29, 0.717) is 0 Å². The second-order valence-corrected chi connectivity index (χ2v) is 5.73. The van der Waals surface area contributed by atoms with E-state index in [2.05, 4.69) is 20.8 Å². The maximum Gasteiger partial charge on any atom is 0.0691 e. The lowest BCUT2D eigenvalue weighted by molar-refractivity contribution is -0.107. The smallest absolute Gasteiger partial charge is 0.0691 e. The molecule has 0 unspecified atom stereocenters. The van der Waals surface area contributed by atoms with Crippen molar-refractivity contribution in [1.29, 1.82) is 0 Å². The molecular weight excluding hydrogens is 160 g/mol. The first-order valence-corrected chi connectivity index (χ1v) is 5.72. The van der Waals surface area contributed by atoms with E-state index in [-0.39, 0.29) is 11.2 Å². The van der Waals surface area contributed by atoms with Crippen molar-refractivity contribution in [2.75, 3.05) is 0 Å². The summed E-state index contributed by atoms with van der Waals surface area (Å²) in [7, 11) is 0. The molecule has 0 radical (unpaired) electrons. The third-order valence-corrected chi connectivity index (χ3v) is 3.86. The molecule has 0 atom stereocenters. The van der Waals surface area contributed by atoms with E-state index in [0.717, 1.165) is 5.92 Å². The Kier molecular flexibility index (Phi) is 2.18. The summed E-state index contributed by atoms with van der Waals surface area (Å²) in [6.07, 6.45) is 7.90. The zero-order valence-corrected chi connectivity index (χ0v) is 9.23. The third-order valence-electron chi connectivity index (χ3n) is 3.86. The summed E-state index contributed by atoms with van der Waals surface area (Å²) in [5.74, 6) is 0.929. The lowest BCUT2D eigenvalue weighted by Crippen LogP contribution is -2.35. The highest BCUT2D eigenvalue weighted by atomic mass is 16.5. The van der Waals surface area contributed by atoms with Crippen molar-refractivity contribution in [3.8, 4) is 0 Å². The third kappa shape index (κ3) is 1.90. The van der Waals surface area contributed by atoms with E-state index >= 15 is 0 Å². The Morgan fingerprint density at radius 2 is 1.62 bits per heavy atom. The summed E-state index contributed by atoms with van der Waals surface area (Å²) >= 11 is 0. The molecule has 0 bridgehead atoms. The van der Waals surface area contributed by atoms with Gasteiger partial charge in [0.2, 0.25) is 0 Å². The Morgan fingerprint density at radius 3 is 2.08 bits per heavy atom. The van der Waals surface area contributed by atoms with Crippen molar-refractivity contribution in [3.05, 3.63) is 0 Å². The molecule has 1 aliphatic heterocycles. The molecule has 1 saturated carbocycles. The summed E-state index contributed by atoms with van der Waals surface area (Å²) in [5.41, 5.74) is 0.441. The van der Waals surface area contributed by atoms with Crippen molar-refractivity contribution in [1.82, 2.24) is 0 Å². The van der Waals surface area contributed by atoms with Crippen LogP contribution < -0.4 is 0 Å². The van der Waals surface area contributed by atoms with Gasteiger partial charge < -0.3 is 4.74 Å². The molecule has 2 rings (SSSR count). The minimum Gasteiger partial charge on any atom is -0.369 e. The van der Waals surface area contributed by atoms with Crippen LogP contribution in [0.25, 0.3) is 0 Å². The Hall–Kier alpha value is -0.0400. The van der Waals surface area contributed by atoms with E-state index in [1.165, 1.54) is 38.5 Å². The summed E-state index contributed by atoms with van der Waals surface area (Å²) in [4.78, 5) is 0. The van der Waals surface area contributed by atoms with E-state index in [1.807, 2.05) is 0 Å². The molecular formula is C12H22O. The van der Waals surface area contributed by atoms with E-state index in [1.54, 1.807) is 0 Å². The van der Waals surface area contributed by atoms with Crippen molar-refractivity contribution in [3.63, 3.8) is 0 Å². The van der Waals surface area contributed by atoms with Crippen LogP contribution in [0.15, 0.2) is 0 Å². The summed E-state index contributed by atoms with van der Waals surface area (Å²) in [5, 5.41) is 0. The minimum absolute atomic E-state index is 0.153. The topological polar surface area (TPSA) is 9.23 Å². The van der Waals surface area contributed by atoms with Gasteiger partial charge in [-0.1, -0.05) is 6.92 Å². The highest BCUT2D eigenvalue weighted by molar-refractivity contribution is 4.95. The molecule has 1 nitrogen and oxygen atoms in total. The van der Waals surface area contributed by atoms with Gasteiger partial charge in [-0.3, -0.25) is 0 Å². The van der Waals surface area contributed by atoms with Crippen LogP contribution in [0.3, 0.4) is 0 Å². The fraction of sp³-hybridized carbons (Fsp3) is 1.00. The van der Waals surface area contributed by atoms with Gasteiger partial charge in [0.05, 0.1) is 11.2 Å². The predicted molar refractivity (Wildman–Crippen MR) is 54.8 cm³/mol. The van der Waals surface area contributed by atoms with Gasteiger partial charge in [0.25, 0.3) is 0 Å². The maximum absolute atomic E-state index is 6.23. The van der Waals surface area contributed by atoms with Crippen molar-refractivity contribution in [2.45, 2.75) is 70.5 Å². The predicted octanol–water partition coefficient (Wildman–Crippen LogP) is 3.52. The summed E-state index contributed by atoms with van der Waals surface area (Å²) in [6, 6.07) is 0. The van der Waals surface area contributed by atoms with Gasteiger partial charge in [-0.15, -0.1) is 0 Å². The Morgan fingerprint density at radius 1 is 1.00 bits per heavy atom. The van der Waals surface area contributed by atoms with Gasteiger partial charge in [0, 0.05) is 0 Å². The lowest BCUT2D eigenvalue weighted by Gasteiger charge is -2.37. The number of hydrogen-bond donors (Lipinski definition) is 0. The molecule has 1 heteroatoms. The van der Waals surface area contributed by atoms with Crippen LogP contribution in [0.1, 0.15) is 59.3 Å². The van der Waals surface area contributed by atoms with Gasteiger partial charge in [-0.25, -0.2) is 0 Å². The zero-order valence-electron chi connectivity index (χ0n) is 9.23. The van der Waals surface area contributed by atoms with Gasteiger partial charge in [-0.2, -0.15) is 0 Å². The molecule has 1 heterocycles. The molecule has 1 saturated heterocycles. The molecule has 1 spiro atoms. The van der Waals surface area contributed by atoms with Crippen molar-refractivity contribution in [2.24, 2.45) is 5.92 Å². The molecule has 1 aliphatic carbocycles. The van der Waals surface area contributed by atoms with Gasteiger partial charge in [0.15, 0.2) is 0 Å². The highest BCUT2D eigenvalue weighted by Crippen LogP contribution is 2.46. The molecule has 0 N–H and O–H groups in total. The molecule has 0 aromatic carbocycles. The average Bonchev–Trinajstić information content (AvgIpc) is 2.35. The standard InChI is InChI=1S/C12H22O/c1-10-4-6-12(7-5-10)9-8-11(2,3)13-12/h10H,4-9H2,1-3H3/t10-,12-. The molecule has 2 fully saturated rings. The Bertz CT molecular complexity index is 187. The van der Waals surface area contributed by atoms with Crippen LogP contribution in [0, 0.1) is 5.92 Å². The zero-order chi connectivity index (χ0) is 9.53. The second kappa shape index (κ2) is 2.98. The number of ether oxygens (including phenoxy) is 1. The van der Waals surface area contributed by atoms with Crippen LogP contribution in [0.2, 0.25) is 0 Å². The van der Waals surface area contributed by atoms with E-state index < -0.39 is 0 Å². The fourth-order valence-corrected chi connectivity index (χ4v) is 2.86. The SMILES string of the molecule is CC1(C)CC[C@]2(CC[C@@H](C)CC2)O1. The van der Waals surface area contributed by atoms with E-state index in [9.17, 15) is 0 Å². The molecule has 13 heavy (non-hydrogen) atoms. The quantitative estimate of drug-likeness (QED) is 0.557. The first-order valence-electron chi connectivity index (χ1n) is 5.72. The molecule has 0 aromatic heterocycles. The molecule has 0 amide bonds. The molecule has 0 aromatic rings. The first-order chi connectivity index (χ1) is 6.02. The number of hydrogen-bond acceptors (Lipinski definition) is 1. The minimum atomic E-state index is 0.153. The Labute approximate surface area is 81.9 Å². The Balaban J connectivity index is 2.00. The van der Waals surface area contributed by atoms with Gasteiger partial charge in [-0.05, 0) is 58.3 Å². The average molecular weight is 182 g/mol. The summed E-state index contributed by atoms with van der Waals surface area (Å²) < 4.78 is 6.23. The van der Waals surface area contributed by atoms with Crippen LogP contribution >= 0.6 is 0 Å². The lowest BCUT2D eigenvalue weighted by atomic mass is 9.78. The van der Waals surface area contributed by atoms with Crippen LogP contribution in [0.4, 0.5) is 0 Å². The fourth-order valence-electron chi connectivity index (χ4n) is 2.86. The van der Waals surface area contributed by atoms with Gasteiger partial charge in [0.1, 0.15) is 0 Å². The van der Waals surface area contributed by atoms with Crippen molar-refractivity contribution >= 4 is 0 Å². The first kappa shape index (κ1) is 9.51. The molecule has 2 aliphatic rings. The van der Waals surface area contributed by atoms with Crippen LogP contribution in [-0.4, -0.2) is 11.2 Å². The van der Waals surface area contributed by atoms with Crippen LogP contribution in [0.5, 0.6) is 0 Å². The van der Waals surface area contributed by atoms with Crippen LogP contribution in [-0.2, 0) is 4.74 Å². The highest BCUT2D eigenvalue weighted by Gasteiger charge is 2.45. The largest absolute Gasteiger partial charge is 0.369 e. The summed E-state index contributed by atoms with van der Waals surface area (Å²) in [6.45, 7) is 6.84. The monoisotopic (exact) mass is 182 g/mol. The van der Waals surface area contributed by atoms with Gasteiger partial charge >= 0.3 is 0 Å². The molecule has 76 valence electrons. The normalized spacial score (nSPS) is 44.1. The van der Waals surface area contributed by atoms with Crippen molar-refractivity contribution < 1.29 is 4.74 Å². The second-order valence-electron chi connectivity index (χ2n) is 5.73. The maximum atomic E-state index is 6.23.